The minimum absolute atomic E-state index is 0.0921. The molecule has 0 amide bonds. The Balaban J connectivity index is 1.97. The van der Waals surface area contributed by atoms with E-state index in [1.165, 1.54) is 6.07 Å². The molecule has 0 saturated carbocycles. The average molecular weight is 259 g/mol. The maximum Gasteiger partial charge on any atom is 0.126 e. The predicted octanol–water partition coefficient (Wildman–Crippen LogP) is 3.47. The minimum atomic E-state index is -0.163. The van der Waals surface area contributed by atoms with E-state index >= 15 is 0 Å². The van der Waals surface area contributed by atoms with Crippen LogP contribution in [0.25, 0.3) is 0 Å². The van der Waals surface area contributed by atoms with E-state index in [1.807, 2.05) is 30.3 Å². The van der Waals surface area contributed by atoms with Gasteiger partial charge in [-0.2, -0.15) is 0 Å². The molecular formula is C16H18FNO. The van der Waals surface area contributed by atoms with Gasteiger partial charge in [-0.25, -0.2) is 4.39 Å². The van der Waals surface area contributed by atoms with Crippen LogP contribution >= 0.6 is 0 Å². The predicted molar refractivity (Wildman–Crippen MR) is 74.6 cm³/mol. The van der Waals surface area contributed by atoms with Crippen LogP contribution in [-0.4, -0.2) is 7.11 Å². The molecule has 1 atom stereocenters. The topological polar surface area (TPSA) is 35.2 Å². The second-order valence-electron chi connectivity index (χ2n) is 4.51. The van der Waals surface area contributed by atoms with Gasteiger partial charge in [-0.05, 0) is 42.2 Å². The highest BCUT2D eigenvalue weighted by atomic mass is 19.1. The Bertz CT molecular complexity index is 525. The first-order valence-corrected chi connectivity index (χ1v) is 6.33. The minimum Gasteiger partial charge on any atom is -0.497 e. The van der Waals surface area contributed by atoms with Crippen molar-refractivity contribution in [3.63, 3.8) is 0 Å². The molecule has 0 aliphatic rings. The molecule has 2 aromatic rings. The SMILES string of the molecule is COc1ccc(C(N)CCc2ccccc2F)cc1. The number of hydrogen-bond acceptors (Lipinski definition) is 2. The Morgan fingerprint density at radius 3 is 2.42 bits per heavy atom. The van der Waals surface area contributed by atoms with E-state index in [9.17, 15) is 4.39 Å². The summed E-state index contributed by atoms with van der Waals surface area (Å²) in [5, 5.41) is 0. The summed E-state index contributed by atoms with van der Waals surface area (Å²) in [5.41, 5.74) is 7.87. The quantitative estimate of drug-likeness (QED) is 0.892. The molecular weight excluding hydrogens is 241 g/mol. The largest absolute Gasteiger partial charge is 0.497 e. The van der Waals surface area contributed by atoms with Gasteiger partial charge in [-0.1, -0.05) is 30.3 Å². The fraction of sp³-hybridized carbons (Fsp3) is 0.250. The molecule has 19 heavy (non-hydrogen) atoms. The molecule has 0 saturated heterocycles. The number of aryl methyl sites for hydroxylation is 1. The van der Waals surface area contributed by atoms with Gasteiger partial charge in [-0.3, -0.25) is 0 Å². The van der Waals surface area contributed by atoms with E-state index in [1.54, 1.807) is 19.2 Å². The maximum absolute atomic E-state index is 13.5. The number of nitrogens with two attached hydrogens (primary N) is 1. The molecule has 1 unspecified atom stereocenters. The third-order valence-corrected chi connectivity index (χ3v) is 3.23. The van der Waals surface area contributed by atoms with Crippen LogP contribution in [0.5, 0.6) is 5.75 Å². The molecule has 3 heteroatoms. The van der Waals surface area contributed by atoms with Gasteiger partial charge in [0, 0.05) is 6.04 Å². The third kappa shape index (κ3) is 3.55. The van der Waals surface area contributed by atoms with Gasteiger partial charge < -0.3 is 10.5 Å². The van der Waals surface area contributed by atoms with Gasteiger partial charge in [-0.15, -0.1) is 0 Å². The van der Waals surface area contributed by atoms with E-state index in [0.29, 0.717) is 18.4 Å². The van der Waals surface area contributed by atoms with Crippen molar-refractivity contribution in [1.29, 1.82) is 0 Å². The highest BCUT2D eigenvalue weighted by Crippen LogP contribution is 2.20. The molecule has 0 bridgehead atoms. The van der Waals surface area contributed by atoms with Gasteiger partial charge in [0.05, 0.1) is 7.11 Å². The number of halogens is 1. The number of methoxy groups -OCH3 is 1. The summed E-state index contributed by atoms with van der Waals surface area (Å²) in [5.74, 6) is 0.648. The fourth-order valence-corrected chi connectivity index (χ4v) is 2.03. The Morgan fingerprint density at radius 1 is 1.11 bits per heavy atom. The van der Waals surface area contributed by atoms with Gasteiger partial charge in [0.15, 0.2) is 0 Å². The first kappa shape index (κ1) is 13.6. The Labute approximate surface area is 113 Å². The molecule has 0 heterocycles. The van der Waals surface area contributed by atoms with E-state index in [4.69, 9.17) is 10.5 Å². The summed E-state index contributed by atoms with van der Waals surface area (Å²) in [7, 11) is 1.63. The summed E-state index contributed by atoms with van der Waals surface area (Å²) in [6, 6.07) is 14.4. The average Bonchev–Trinajstić information content (AvgIpc) is 2.46. The summed E-state index contributed by atoms with van der Waals surface area (Å²) in [6.07, 6.45) is 1.35. The summed E-state index contributed by atoms with van der Waals surface area (Å²) >= 11 is 0. The van der Waals surface area contributed by atoms with Crippen molar-refractivity contribution in [2.24, 2.45) is 5.73 Å². The summed E-state index contributed by atoms with van der Waals surface area (Å²) < 4.78 is 18.6. The zero-order valence-corrected chi connectivity index (χ0v) is 11.0. The smallest absolute Gasteiger partial charge is 0.126 e. The second kappa shape index (κ2) is 6.34. The summed E-state index contributed by atoms with van der Waals surface area (Å²) in [6.45, 7) is 0. The van der Waals surface area contributed by atoms with Crippen LogP contribution in [0.3, 0.4) is 0 Å². The highest BCUT2D eigenvalue weighted by Gasteiger charge is 2.08. The lowest BCUT2D eigenvalue weighted by Gasteiger charge is -2.13. The lowest BCUT2D eigenvalue weighted by Crippen LogP contribution is -2.11. The molecule has 0 aliphatic heterocycles. The van der Waals surface area contributed by atoms with E-state index < -0.39 is 0 Å². The molecule has 0 radical (unpaired) electrons. The Morgan fingerprint density at radius 2 is 1.79 bits per heavy atom. The molecule has 2 N–H and O–H groups in total. The first-order chi connectivity index (χ1) is 9.20. The number of hydrogen-bond donors (Lipinski definition) is 1. The van der Waals surface area contributed by atoms with Gasteiger partial charge in [0.25, 0.3) is 0 Å². The Hall–Kier alpha value is -1.87. The molecule has 100 valence electrons. The molecule has 2 nitrogen and oxygen atoms in total. The molecule has 2 rings (SSSR count). The molecule has 0 aromatic heterocycles. The second-order valence-corrected chi connectivity index (χ2v) is 4.51. The van der Waals surface area contributed by atoms with Crippen molar-refractivity contribution in [3.8, 4) is 5.75 Å². The number of rotatable bonds is 5. The monoisotopic (exact) mass is 259 g/mol. The van der Waals surface area contributed by atoms with Crippen molar-refractivity contribution in [1.82, 2.24) is 0 Å². The third-order valence-electron chi connectivity index (χ3n) is 3.23. The fourth-order valence-electron chi connectivity index (χ4n) is 2.03. The van der Waals surface area contributed by atoms with Crippen molar-refractivity contribution >= 4 is 0 Å². The van der Waals surface area contributed by atoms with Crippen molar-refractivity contribution in [3.05, 3.63) is 65.5 Å². The molecule has 0 aliphatic carbocycles. The Kier molecular flexibility index (Phi) is 4.53. The van der Waals surface area contributed by atoms with Crippen LogP contribution in [0, 0.1) is 5.82 Å². The zero-order chi connectivity index (χ0) is 13.7. The van der Waals surface area contributed by atoms with Gasteiger partial charge in [0.1, 0.15) is 11.6 Å². The molecule has 0 fully saturated rings. The van der Waals surface area contributed by atoms with Gasteiger partial charge >= 0.3 is 0 Å². The normalized spacial score (nSPS) is 12.2. The van der Waals surface area contributed by atoms with Crippen LogP contribution in [0.4, 0.5) is 4.39 Å². The standard InChI is InChI=1S/C16H18FNO/c1-19-14-9-6-13(7-10-14)16(18)11-8-12-4-2-3-5-15(12)17/h2-7,9-10,16H,8,11,18H2,1H3. The van der Waals surface area contributed by atoms with Crippen LogP contribution in [0.1, 0.15) is 23.6 Å². The van der Waals surface area contributed by atoms with Crippen molar-refractivity contribution in [2.45, 2.75) is 18.9 Å². The van der Waals surface area contributed by atoms with E-state index in [2.05, 4.69) is 0 Å². The maximum atomic E-state index is 13.5. The lowest BCUT2D eigenvalue weighted by atomic mass is 9.99. The molecule has 0 spiro atoms. The van der Waals surface area contributed by atoms with Crippen molar-refractivity contribution < 1.29 is 9.13 Å². The number of benzene rings is 2. The van der Waals surface area contributed by atoms with Crippen LogP contribution in [0.15, 0.2) is 48.5 Å². The highest BCUT2D eigenvalue weighted by molar-refractivity contribution is 5.29. The summed E-state index contributed by atoms with van der Waals surface area (Å²) in [4.78, 5) is 0. The van der Waals surface area contributed by atoms with Crippen LogP contribution < -0.4 is 10.5 Å². The van der Waals surface area contributed by atoms with Crippen LogP contribution in [0.2, 0.25) is 0 Å². The first-order valence-electron chi connectivity index (χ1n) is 6.33. The lowest BCUT2D eigenvalue weighted by molar-refractivity contribution is 0.414. The van der Waals surface area contributed by atoms with Crippen molar-refractivity contribution in [2.75, 3.05) is 7.11 Å². The molecule has 2 aromatic carbocycles. The zero-order valence-electron chi connectivity index (χ0n) is 11.0. The van der Waals surface area contributed by atoms with Gasteiger partial charge in [0.2, 0.25) is 0 Å². The van der Waals surface area contributed by atoms with E-state index in [-0.39, 0.29) is 11.9 Å². The van der Waals surface area contributed by atoms with E-state index in [0.717, 1.165) is 11.3 Å². The van der Waals surface area contributed by atoms with Crippen LogP contribution in [-0.2, 0) is 6.42 Å². The number of ether oxygens (including phenoxy) is 1.